The number of nitrogens with one attached hydrogen (secondary N) is 1. The van der Waals surface area contributed by atoms with E-state index in [0.717, 1.165) is 25.2 Å². The van der Waals surface area contributed by atoms with Gasteiger partial charge in [0.2, 0.25) is 0 Å². The normalized spacial score (nSPS) is 17.6. The topological polar surface area (TPSA) is 50.2 Å². The van der Waals surface area contributed by atoms with Gasteiger partial charge in [-0.15, -0.1) is 0 Å². The molecule has 0 radical (unpaired) electrons. The van der Waals surface area contributed by atoms with Crippen LogP contribution in [-0.2, 0) is 5.54 Å². The second kappa shape index (κ2) is 7.75. The predicted octanol–water partition coefficient (Wildman–Crippen LogP) is 4.02. The Hall–Kier alpha value is -2.30. The third-order valence-corrected chi connectivity index (χ3v) is 5.15. The second-order valence-corrected chi connectivity index (χ2v) is 8.84. The lowest BCUT2D eigenvalue weighted by Gasteiger charge is -2.23. The molecule has 1 aromatic carbocycles. The van der Waals surface area contributed by atoms with Crippen molar-refractivity contribution in [1.82, 2.24) is 15.1 Å². The molecule has 1 aliphatic heterocycles. The van der Waals surface area contributed by atoms with Crippen LogP contribution >= 0.6 is 0 Å². The number of nitrogens with zero attached hydrogens (tertiary/aromatic N) is 3. The minimum absolute atomic E-state index is 0.0712. The lowest BCUT2D eigenvalue weighted by atomic mass is 10.1. The smallest absolute Gasteiger partial charge is 0.271 e. The van der Waals surface area contributed by atoms with Crippen molar-refractivity contribution in [2.75, 3.05) is 24.5 Å². The summed E-state index contributed by atoms with van der Waals surface area (Å²) in [5, 5.41) is 7.71. The molecule has 0 saturated carbocycles. The van der Waals surface area contributed by atoms with E-state index in [9.17, 15) is 4.79 Å². The molecule has 0 bridgehead atoms. The molecule has 1 aliphatic rings. The largest absolute Gasteiger partial charge is 0.371 e. The molecule has 2 heterocycles. The summed E-state index contributed by atoms with van der Waals surface area (Å²) in [4.78, 5) is 15.1. The van der Waals surface area contributed by atoms with Gasteiger partial charge >= 0.3 is 0 Å². The van der Waals surface area contributed by atoms with Gasteiger partial charge in [-0.3, -0.25) is 9.48 Å². The minimum Gasteiger partial charge on any atom is -0.371 e. The van der Waals surface area contributed by atoms with Crippen molar-refractivity contribution < 1.29 is 4.79 Å². The number of hydrogen-bond donors (Lipinski definition) is 1. The fourth-order valence-corrected chi connectivity index (χ4v) is 3.66. The predicted molar refractivity (Wildman–Crippen MR) is 110 cm³/mol. The number of rotatable bonds is 5. The van der Waals surface area contributed by atoms with E-state index in [1.54, 1.807) is 0 Å². The third-order valence-electron chi connectivity index (χ3n) is 5.15. The van der Waals surface area contributed by atoms with E-state index in [0.29, 0.717) is 24.1 Å². The van der Waals surface area contributed by atoms with Gasteiger partial charge in [-0.2, -0.15) is 5.10 Å². The molecule has 1 aromatic heterocycles. The summed E-state index contributed by atoms with van der Waals surface area (Å²) in [6.07, 6.45) is 1.10. The monoisotopic (exact) mass is 368 g/mol. The highest BCUT2D eigenvalue weighted by molar-refractivity contribution is 5.92. The number of carbonyl (C=O) groups is 1. The molecule has 2 aromatic rings. The quantitative estimate of drug-likeness (QED) is 0.867. The number of amides is 1. The third kappa shape index (κ3) is 4.52. The molecule has 1 amide bonds. The van der Waals surface area contributed by atoms with Gasteiger partial charge in [0.1, 0.15) is 5.69 Å². The average molecular weight is 369 g/mol. The van der Waals surface area contributed by atoms with Crippen molar-refractivity contribution in [3.8, 4) is 0 Å². The molecule has 5 nitrogen and oxygen atoms in total. The maximum atomic E-state index is 12.7. The Kier molecular flexibility index (Phi) is 5.59. The Bertz CT molecular complexity index is 773. The van der Waals surface area contributed by atoms with E-state index in [1.807, 2.05) is 16.8 Å². The van der Waals surface area contributed by atoms with Crippen molar-refractivity contribution >= 4 is 11.6 Å². The summed E-state index contributed by atoms with van der Waals surface area (Å²) in [7, 11) is 0. The van der Waals surface area contributed by atoms with Crippen LogP contribution in [0.5, 0.6) is 0 Å². The van der Waals surface area contributed by atoms with Crippen molar-refractivity contribution in [3.05, 3.63) is 47.8 Å². The summed E-state index contributed by atoms with van der Waals surface area (Å²) in [6.45, 7) is 13.3. The summed E-state index contributed by atoms with van der Waals surface area (Å²) in [5.41, 5.74) is 2.74. The Morgan fingerprint density at radius 3 is 2.56 bits per heavy atom. The summed E-state index contributed by atoms with van der Waals surface area (Å²) in [5.74, 6) is 0.731. The van der Waals surface area contributed by atoms with Gasteiger partial charge in [0.15, 0.2) is 0 Å². The van der Waals surface area contributed by atoms with E-state index in [2.05, 4.69) is 74.2 Å². The lowest BCUT2D eigenvalue weighted by molar-refractivity contribution is 0.0941. The van der Waals surface area contributed by atoms with Crippen LogP contribution in [0, 0.1) is 5.92 Å². The number of aromatic nitrogens is 2. The van der Waals surface area contributed by atoms with Crippen LogP contribution in [0.15, 0.2) is 36.4 Å². The summed E-state index contributed by atoms with van der Waals surface area (Å²) >= 11 is 0. The minimum atomic E-state index is -0.139. The van der Waals surface area contributed by atoms with E-state index in [-0.39, 0.29) is 11.4 Å². The molecule has 0 spiro atoms. The van der Waals surface area contributed by atoms with Crippen molar-refractivity contribution in [3.63, 3.8) is 0 Å². The fraction of sp³-hybridized carbons (Fsp3) is 0.545. The van der Waals surface area contributed by atoms with Gasteiger partial charge in [0.25, 0.3) is 5.91 Å². The Morgan fingerprint density at radius 1 is 1.26 bits per heavy atom. The molecule has 1 saturated heterocycles. The molecular weight excluding hydrogens is 336 g/mol. The first-order valence-corrected chi connectivity index (χ1v) is 9.94. The highest BCUT2D eigenvalue weighted by Crippen LogP contribution is 2.25. The molecule has 146 valence electrons. The van der Waals surface area contributed by atoms with Gasteiger partial charge in [0.05, 0.1) is 5.54 Å². The first-order valence-electron chi connectivity index (χ1n) is 9.94. The van der Waals surface area contributed by atoms with Gasteiger partial charge in [-0.05, 0) is 57.2 Å². The summed E-state index contributed by atoms with van der Waals surface area (Å²) in [6, 6.07) is 12.4. The molecule has 1 atom stereocenters. The van der Waals surface area contributed by atoms with Gasteiger partial charge in [-0.25, -0.2) is 0 Å². The van der Waals surface area contributed by atoms with Crippen LogP contribution in [0.25, 0.3) is 0 Å². The van der Waals surface area contributed by atoms with Gasteiger partial charge < -0.3 is 10.2 Å². The van der Waals surface area contributed by atoms with Crippen LogP contribution in [0.1, 0.15) is 63.1 Å². The Labute approximate surface area is 162 Å². The highest BCUT2D eigenvalue weighted by Gasteiger charge is 2.26. The van der Waals surface area contributed by atoms with Crippen molar-refractivity contribution in [2.24, 2.45) is 5.92 Å². The molecule has 1 N–H and O–H groups in total. The molecule has 5 heteroatoms. The fourth-order valence-electron chi connectivity index (χ4n) is 3.66. The molecule has 0 aliphatic carbocycles. The number of carbonyl (C=O) groups excluding carboxylic acids is 1. The van der Waals surface area contributed by atoms with Gasteiger partial charge in [0, 0.05) is 31.0 Å². The van der Waals surface area contributed by atoms with Crippen molar-refractivity contribution in [2.45, 2.75) is 52.5 Å². The standard InChI is InChI=1S/C22H32N4O/c1-16(2)20-13-19(24-26(20)22(3,4)5)21(27)23-14-17-11-12-25(15-17)18-9-7-6-8-10-18/h6-10,13,16-17H,11-12,14-15H2,1-5H3,(H,23,27)/t17-/m0/s1. The summed E-state index contributed by atoms with van der Waals surface area (Å²) < 4.78 is 1.99. The zero-order chi connectivity index (χ0) is 19.6. The van der Waals surface area contributed by atoms with Crippen LogP contribution < -0.4 is 10.2 Å². The zero-order valence-electron chi connectivity index (χ0n) is 17.2. The molecule has 27 heavy (non-hydrogen) atoms. The zero-order valence-corrected chi connectivity index (χ0v) is 17.2. The first-order chi connectivity index (χ1) is 12.8. The molecule has 3 rings (SSSR count). The number of anilines is 1. The molecule has 0 unspecified atom stereocenters. The van der Waals surface area contributed by atoms with E-state index >= 15 is 0 Å². The van der Waals surface area contributed by atoms with E-state index in [1.165, 1.54) is 5.69 Å². The van der Waals surface area contributed by atoms with E-state index < -0.39 is 0 Å². The number of para-hydroxylation sites is 1. The Morgan fingerprint density at radius 2 is 1.96 bits per heavy atom. The lowest BCUT2D eigenvalue weighted by Crippen LogP contribution is -2.32. The average Bonchev–Trinajstić information content (AvgIpc) is 3.27. The van der Waals surface area contributed by atoms with Crippen molar-refractivity contribution in [1.29, 1.82) is 0 Å². The number of hydrogen-bond acceptors (Lipinski definition) is 3. The Balaban J connectivity index is 1.60. The van der Waals surface area contributed by atoms with Crippen LogP contribution in [0.4, 0.5) is 5.69 Å². The van der Waals surface area contributed by atoms with Gasteiger partial charge in [-0.1, -0.05) is 32.0 Å². The highest BCUT2D eigenvalue weighted by atomic mass is 16.1. The second-order valence-electron chi connectivity index (χ2n) is 8.84. The first kappa shape index (κ1) is 19.5. The maximum Gasteiger partial charge on any atom is 0.271 e. The molecular formula is C22H32N4O. The molecule has 1 fully saturated rings. The van der Waals surface area contributed by atoms with Crippen LogP contribution in [-0.4, -0.2) is 35.3 Å². The van der Waals surface area contributed by atoms with Crippen LogP contribution in [0.2, 0.25) is 0 Å². The van der Waals surface area contributed by atoms with Crippen LogP contribution in [0.3, 0.4) is 0 Å². The van der Waals surface area contributed by atoms with E-state index in [4.69, 9.17) is 0 Å². The SMILES string of the molecule is CC(C)c1cc(C(=O)NC[C@@H]2CCN(c3ccccc3)C2)nn1C(C)(C)C. The maximum absolute atomic E-state index is 12.7. The number of benzene rings is 1.